The van der Waals surface area contributed by atoms with Crippen LogP contribution in [0.15, 0.2) is 54.6 Å². The van der Waals surface area contributed by atoms with Crippen molar-refractivity contribution in [3.63, 3.8) is 0 Å². The summed E-state index contributed by atoms with van der Waals surface area (Å²) in [5.74, 6) is -2.05. The maximum atomic E-state index is 12.6. The molecule has 7 heteroatoms. The molecule has 134 valence electrons. The van der Waals surface area contributed by atoms with E-state index >= 15 is 0 Å². The van der Waals surface area contributed by atoms with Crippen LogP contribution in [0.3, 0.4) is 0 Å². The molecule has 0 amide bonds. The number of carbonyl (C=O) groups excluding carboxylic acids is 2. The number of non-ortho nitro benzene ring substituents is 1. The Labute approximate surface area is 149 Å². The second-order valence-corrected chi connectivity index (χ2v) is 5.98. The number of ether oxygens (including phenoxy) is 2. The van der Waals surface area contributed by atoms with Gasteiger partial charge in [0.2, 0.25) is 0 Å². The molecule has 1 heterocycles. The summed E-state index contributed by atoms with van der Waals surface area (Å²) < 4.78 is 10.8. The van der Waals surface area contributed by atoms with Gasteiger partial charge in [-0.25, -0.2) is 0 Å². The van der Waals surface area contributed by atoms with Crippen molar-refractivity contribution in [2.45, 2.75) is 18.6 Å². The highest BCUT2D eigenvalue weighted by Gasteiger charge is 2.44. The average molecular weight is 355 g/mol. The summed E-state index contributed by atoms with van der Waals surface area (Å²) in [6.07, 6.45) is -1.30. The Balaban J connectivity index is 1.96. The largest absolute Gasteiger partial charge is 0.468 e. The molecule has 1 fully saturated rings. The van der Waals surface area contributed by atoms with Crippen LogP contribution in [0.4, 0.5) is 5.69 Å². The number of nitrogens with zero attached hydrogens (tertiary/aromatic N) is 1. The number of benzene rings is 2. The van der Waals surface area contributed by atoms with Crippen molar-refractivity contribution in [1.82, 2.24) is 0 Å². The molecule has 1 saturated heterocycles. The van der Waals surface area contributed by atoms with Crippen LogP contribution in [0.1, 0.15) is 29.8 Å². The van der Waals surface area contributed by atoms with Gasteiger partial charge in [-0.15, -0.1) is 0 Å². The van der Waals surface area contributed by atoms with Crippen LogP contribution in [-0.2, 0) is 19.1 Å². The van der Waals surface area contributed by atoms with E-state index in [1.54, 1.807) is 0 Å². The first-order valence-corrected chi connectivity index (χ1v) is 8.06. The molecule has 1 aliphatic rings. The van der Waals surface area contributed by atoms with Gasteiger partial charge in [0.15, 0.2) is 5.78 Å². The molecule has 3 rings (SSSR count). The van der Waals surface area contributed by atoms with Crippen LogP contribution < -0.4 is 0 Å². The monoisotopic (exact) mass is 355 g/mol. The summed E-state index contributed by atoms with van der Waals surface area (Å²) in [5.41, 5.74) is 1.26. The number of methoxy groups -OCH3 is 1. The van der Waals surface area contributed by atoms with Crippen molar-refractivity contribution in [1.29, 1.82) is 0 Å². The number of nitro benzene ring substituents is 1. The third kappa shape index (κ3) is 3.48. The number of rotatable bonds is 4. The van der Waals surface area contributed by atoms with Gasteiger partial charge >= 0.3 is 5.97 Å². The topological polar surface area (TPSA) is 95.7 Å². The van der Waals surface area contributed by atoms with Crippen molar-refractivity contribution < 1.29 is 24.0 Å². The van der Waals surface area contributed by atoms with Crippen LogP contribution in [0.5, 0.6) is 0 Å². The Hall–Kier alpha value is -3.06. The van der Waals surface area contributed by atoms with Crippen LogP contribution in [-0.4, -0.2) is 23.8 Å². The number of carbonyl (C=O) groups is 2. The predicted molar refractivity (Wildman–Crippen MR) is 91.2 cm³/mol. The molecule has 1 aliphatic heterocycles. The minimum absolute atomic E-state index is 0.0628. The molecule has 2 aromatic rings. The molecule has 0 aromatic heterocycles. The van der Waals surface area contributed by atoms with Crippen LogP contribution in [0.25, 0.3) is 0 Å². The number of hydrogen-bond donors (Lipinski definition) is 0. The SMILES string of the molecule is COC(=O)[C@H]1C(=O)C[C@H](c2ccccc2)O[C@@H]1c1ccc([N+](=O)[O-])cc1. The Bertz CT molecular complexity index is 818. The van der Waals surface area contributed by atoms with E-state index in [9.17, 15) is 19.7 Å². The minimum atomic E-state index is -1.10. The lowest BCUT2D eigenvalue weighted by Gasteiger charge is -2.34. The van der Waals surface area contributed by atoms with E-state index in [0.717, 1.165) is 5.56 Å². The van der Waals surface area contributed by atoms with Gasteiger partial charge in [0, 0.05) is 18.6 Å². The highest BCUT2D eigenvalue weighted by atomic mass is 16.6. The normalized spacial score (nSPS) is 22.7. The molecule has 0 saturated carbocycles. The third-order valence-corrected chi connectivity index (χ3v) is 4.41. The molecule has 0 aliphatic carbocycles. The molecule has 7 nitrogen and oxygen atoms in total. The van der Waals surface area contributed by atoms with Gasteiger partial charge in [0.05, 0.1) is 18.1 Å². The van der Waals surface area contributed by atoms with Crippen molar-refractivity contribution in [2.24, 2.45) is 5.92 Å². The van der Waals surface area contributed by atoms with E-state index in [1.807, 2.05) is 30.3 Å². The lowest BCUT2D eigenvalue weighted by molar-refractivity contribution is -0.384. The van der Waals surface area contributed by atoms with Gasteiger partial charge < -0.3 is 9.47 Å². The van der Waals surface area contributed by atoms with E-state index in [0.29, 0.717) is 5.56 Å². The summed E-state index contributed by atoms with van der Waals surface area (Å²) in [6.45, 7) is 0. The fraction of sp³-hybridized carbons (Fsp3) is 0.263. The fourth-order valence-electron chi connectivity index (χ4n) is 3.09. The Morgan fingerprint density at radius 2 is 1.77 bits per heavy atom. The zero-order valence-corrected chi connectivity index (χ0v) is 14.0. The lowest BCUT2D eigenvalue weighted by atomic mass is 9.85. The van der Waals surface area contributed by atoms with Crippen LogP contribution in [0.2, 0.25) is 0 Å². The number of nitro groups is 1. The zero-order chi connectivity index (χ0) is 18.7. The maximum Gasteiger partial charge on any atom is 0.319 e. The standard InChI is InChI=1S/C19H17NO6/c1-25-19(22)17-15(21)11-16(12-5-3-2-4-6-12)26-18(17)13-7-9-14(10-8-13)20(23)24/h2-10,16-18H,11H2,1H3/t16-,17+,18-/m1/s1. The Morgan fingerprint density at radius 3 is 2.35 bits per heavy atom. The van der Waals surface area contributed by atoms with Gasteiger partial charge in [-0.2, -0.15) is 0 Å². The van der Waals surface area contributed by atoms with Gasteiger partial charge in [0.1, 0.15) is 12.0 Å². The smallest absolute Gasteiger partial charge is 0.319 e. The van der Waals surface area contributed by atoms with E-state index < -0.39 is 29.0 Å². The highest BCUT2D eigenvalue weighted by Crippen LogP contribution is 2.41. The lowest BCUT2D eigenvalue weighted by Crippen LogP contribution is -2.38. The van der Waals surface area contributed by atoms with Gasteiger partial charge in [-0.05, 0) is 23.3 Å². The third-order valence-electron chi connectivity index (χ3n) is 4.41. The molecule has 0 spiro atoms. The van der Waals surface area contributed by atoms with Gasteiger partial charge in [0.25, 0.3) is 5.69 Å². The number of esters is 1. The molecular weight excluding hydrogens is 338 g/mol. The Kier molecular flexibility index (Phi) is 5.09. The second-order valence-electron chi connectivity index (χ2n) is 5.98. The van der Waals surface area contributed by atoms with E-state index in [-0.39, 0.29) is 17.9 Å². The first kappa shape index (κ1) is 17.8. The molecule has 0 N–H and O–H groups in total. The summed E-state index contributed by atoms with van der Waals surface area (Å²) in [6, 6.07) is 14.9. The summed E-state index contributed by atoms with van der Waals surface area (Å²) >= 11 is 0. The molecule has 2 aromatic carbocycles. The Morgan fingerprint density at radius 1 is 1.12 bits per heavy atom. The van der Waals surface area contributed by atoms with Crippen molar-refractivity contribution in [3.8, 4) is 0 Å². The van der Waals surface area contributed by atoms with E-state index in [1.165, 1.54) is 31.4 Å². The van der Waals surface area contributed by atoms with E-state index in [2.05, 4.69) is 0 Å². The summed E-state index contributed by atoms with van der Waals surface area (Å²) in [4.78, 5) is 35.1. The molecule has 0 radical (unpaired) electrons. The van der Waals surface area contributed by atoms with Gasteiger partial charge in [-0.1, -0.05) is 30.3 Å². The first-order valence-electron chi connectivity index (χ1n) is 8.06. The highest BCUT2D eigenvalue weighted by molar-refractivity contribution is 6.00. The molecule has 0 unspecified atom stereocenters. The number of ketones is 1. The van der Waals surface area contributed by atoms with E-state index in [4.69, 9.17) is 9.47 Å². The quantitative estimate of drug-likeness (QED) is 0.362. The summed E-state index contributed by atoms with van der Waals surface area (Å²) in [5, 5.41) is 10.8. The van der Waals surface area contributed by atoms with Crippen LogP contribution in [0, 0.1) is 16.0 Å². The molecule has 3 atom stereocenters. The van der Waals surface area contributed by atoms with Crippen molar-refractivity contribution >= 4 is 17.4 Å². The second kappa shape index (κ2) is 7.45. The predicted octanol–water partition coefficient (Wildman–Crippen LogP) is 3.16. The fourth-order valence-corrected chi connectivity index (χ4v) is 3.09. The molecule has 0 bridgehead atoms. The summed E-state index contributed by atoms with van der Waals surface area (Å²) in [7, 11) is 1.21. The number of hydrogen-bond acceptors (Lipinski definition) is 6. The molecule has 26 heavy (non-hydrogen) atoms. The van der Waals surface area contributed by atoms with Crippen molar-refractivity contribution in [3.05, 3.63) is 75.8 Å². The van der Waals surface area contributed by atoms with Crippen molar-refractivity contribution in [2.75, 3.05) is 7.11 Å². The first-order chi connectivity index (χ1) is 12.5. The zero-order valence-electron chi connectivity index (χ0n) is 14.0. The number of Topliss-reactive ketones (excluding diaryl/α,β-unsaturated/α-hetero) is 1. The average Bonchev–Trinajstić information content (AvgIpc) is 2.67. The minimum Gasteiger partial charge on any atom is -0.468 e. The maximum absolute atomic E-state index is 12.6. The van der Waals surface area contributed by atoms with Crippen LogP contribution >= 0.6 is 0 Å². The van der Waals surface area contributed by atoms with Gasteiger partial charge in [-0.3, -0.25) is 19.7 Å². The molecular formula is C19H17NO6.